The van der Waals surface area contributed by atoms with E-state index in [4.69, 9.17) is 17.3 Å². The first-order valence-corrected chi connectivity index (χ1v) is 4.89. The highest BCUT2D eigenvalue weighted by Gasteiger charge is 2.18. The van der Waals surface area contributed by atoms with Crippen LogP contribution in [0.2, 0.25) is 5.02 Å². The molecule has 1 fully saturated rings. The van der Waals surface area contributed by atoms with Crippen molar-refractivity contribution >= 4 is 17.3 Å². The lowest BCUT2D eigenvalue weighted by Crippen LogP contribution is -2.26. The van der Waals surface area contributed by atoms with Crippen LogP contribution in [-0.2, 0) is 0 Å². The third-order valence-corrected chi connectivity index (χ3v) is 2.63. The summed E-state index contributed by atoms with van der Waals surface area (Å²) in [5, 5.41) is 0.790. The molecule has 1 aliphatic rings. The average molecular weight is 197 g/mol. The maximum Gasteiger partial charge on any atom is 0.0426 e. The van der Waals surface area contributed by atoms with Gasteiger partial charge in [-0.15, -0.1) is 0 Å². The van der Waals surface area contributed by atoms with Crippen LogP contribution < -0.4 is 10.6 Å². The van der Waals surface area contributed by atoms with E-state index < -0.39 is 0 Å². The summed E-state index contributed by atoms with van der Waals surface area (Å²) in [6.45, 7) is 1.99. The fourth-order valence-corrected chi connectivity index (χ4v) is 1.88. The highest BCUT2D eigenvalue weighted by atomic mass is 35.5. The van der Waals surface area contributed by atoms with E-state index in [0.29, 0.717) is 6.04 Å². The number of hydrogen-bond donors (Lipinski definition) is 1. The topological polar surface area (TPSA) is 29.3 Å². The molecular formula is C10H13ClN2. The monoisotopic (exact) mass is 196 g/mol. The summed E-state index contributed by atoms with van der Waals surface area (Å²) in [7, 11) is 0. The number of nitrogens with two attached hydrogens (primary N) is 1. The van der Waals surface area contributed by atoms with Crippen LogP contribution in [0, 0.1) is 0 Å². The minimum Gasteiger partial charge on any atom is -0.370 e. The SMILES string of the molecule is N[C@H]1CCN(c2cccc(Cl)c2)C1. The van der Waals surface area contributed by atoms with E-state index in [0.717, 1.165) is 24.5 Å². The van der Waals surface area contributed by atoms with Gasteiger partial charge in [-0.25, -0.2) is 0 Å². The maximum absolute atomic E-state index is 5.90. The van der Waals surface area contributed by atoms with E-state index >= 15 is 0 Å². The van der Waals surface area contributed by atoms with Crippen molar-refractivity contribution in [1.29, 1.82) is 0 Å². The van der Waals surface area contributed by atoms with Crippen LogP contribution in [0.3, 0.4) is 0 Å². The molecule has 2 N–H and O–H groups in total. The summed E-state index contributed by atoms with van der Waals surface area (Å²) in [5.74, 6) is 0. The first-order valence-electron chi connectivity index (χ1n) is 4.52. The second-order valence-corrected chi connectivity index (χ2v) is 3.91. The van der Waals surface area contributed by atoms with E-state index in [1.165, 1.54) is 5.69 Å². The summed E-state index contributed by atoms with van der Waals surface area (Å²) < 4.78 is 0. The fraction of sp³-hybridized carbons (Fsp3) is 0.400. The molecule has 0 radical (unpaired) electrons. The standard InChI is InChI=1S/C10H13ClN2/c11-8-2-1-3-10(6-8)13-5-4-9(12)7-13/h1-3,6,9H,4-5,7,12H2/t9-/m0/s1. The zero-order chi connectivity index (χ0) is 9.26. The predicted octanol–water partition coefficient (Wildman–Crippen LogP) is 1.88. The number of hydrogen-bond acceptors (Lipinski definition) is 2. The lowest BCUT2D eigenvalue weighted by atomic mass is 10.3. The average Bonchev–Trinajstić information content (AvgIpc) is 2.52. The first-order chi connectivity index (χ1) is 6.25. The molecule has 70 valence electrons. The van der Waals surface area contributed by atoms with Crippen molar-refractivity contribution in [2.45, 2.75) is 12.5 Å². The van der Waals surface area contributed by atoms with Gasteiger partial charge in [-0.3, -0.25) is 0 Å². The highest BCUT2D eigenvalue weighted by molar-refractivity contribution is 6.30. The smallest absolute Gasteiger partial charge is 0.0426 e. The minimum atomic E-state index is 0.319. The van der Waals surface area contributed by atoms with Crippen LogP contribution in [-0.4, -0.2) is 19.1 Å². The molecule has 2 rings (SSSR count). The van der Waals surface area contributed by atoms with Gasteiger partial charge in [0.2, 0.25) is 0 Å². The molecular weight excluding hydrogens is 184 g/mol. The number of anilines is 1. The van der Waals surface area contributed by atoms with Crippen LogP contribution in [0.1, 0.15) is 6.42 Å². The van der Waals surface area contributed by atoms with E-state index in [1.807, 2.05) is 18.2 Å². The van der Waals surface area contributed by atoms with Crippen LogP contribution in [0.15, 0.2) is 24.3 Å². The summed E-state index contributed by atoms with van der Waals surface area (Å²) in [6, 6.07) is 8.24. The highest BCUT2D eigenvalue weighted by Crippen LogP contribution is 2.22. The molecule has 13 heavy (non-hydrogen) atoms. The fourth-order valence-electron chi connectivity index (χ4n) is 1.69. The first kappa shape index (κ1) is 8.85. The van der Waals surface area contributed by atoms with Crippen molar-refractivity contribution in [3.05, 3.63) is 29.3 Å². The van der Waals surface area contributed by atoms with Crippen molar-refractivity contribution in [3.63, 3.8) is 0 Å². The molecule has 3 heteroatoms. The van der Waals surface area contributed by atoms with E-state index in [2.05, 4.69) is 11.0 Å². The van der Waals surface area contributed by atoms with Crippen LogP contribution in [0.5, 0.6) is 0 Å². The number of benzene rings is 1. The Balaban J connectivity index is 2.16. The molecule has 1 heterocycles. The Hall–Kier alpha value is -0.730. The van der Waals surface area contributed by atoms with Gasteiger partial charge >= 0.3 is 0 Å². The summed E-state index contributed by atoms with van der Waals surface area (Å²) in [4.78, 5) is 2.27. The molecule has 1 saturated heterocycles. The Kier molecular flexibility index (Phi) is 2.42. The Morgan fingerprint density at radius 3 is 2.92 bits per heavy atom. The minimum absolute atomic E-state index is 0.319. The Morgan fingerprint density at radius 2 is 2.31 bits per heavy atom. The van der Waals surface area contributed by atoms with Gasteiger partial charge in [-0.1, -0.05) is 17.7 Å². The molecule has 2 nitrogen and oxygen atoms in total. The Morgan fingerprint density at radius 1 is 1.46 bits per heavy atom. The second kappa shape index (κ2) is 3.56. The third kappa shape index (κ3) is 1.95. The van der Waals surface area contributed by atoms with E-state index in [-0.39, 0.29) is 0 Å². The van der Waals surface area contributed by atoms with E-state index in [9.17, 15) is 0 Å². The van der Waals surface area contributed by atoms with Crippen molar-refractivity contribution < 1.29 is 0 Å². The van der Waals surface area contributed by atoms with Gasteiger partial charge in [-0.05, 0) is 24.6 Å². The number of halogens is 1. The third-order valence-electron chi connectivity index (χ3n) is 2.40. The molecule has 0 amide bonds. The molecule has 1 atom stereocenters. The van der Waals surface area contributed by atoms with Gasteiger partial charge in [-0.2, -0.15) is 0 Å². The van der Waals surface area contributed by atoms with Crippen molar-refractivity contribution in [2.75, 3.05) is 18.0 Å². The van der Waals surface area contributed by atoms with E-state index in [1.54, 1.807) is 0 Å². The van der Waals surface area contributed by atoms with Crippen LogP contribution in [0.4, 0.5) is 5.69 Å². The summed E-state index contributed by atoms with van der Waals surface area (Å²) >= 11 is 5.90. The molecule has 0 bridgehead atoms. The molecule has 0 unspecified atom stereocenters. The molecule has 1 aromatic carbocycles. The van der Waals surface area contributed by atoms with Crippen molar-refractivity contribution in [2.24, 2.45) is 5.73 Å². The van der Waals surface area contributed by atoms with Gasteiger partial charge in [0.1, 0.15) is 0 Å². The summed E-state index contributed by atoms with van der Waals surface area (Å²) in [6.07, 6.45) is 1.08. The molecule has 0 saturated carbocycles. The Bertz CT molecular complexity index is 301. The zero-order valence-electron chi connectivity index (χ0n) is 7.41. The zero-order valence-corrected chi connectivity index (χ0v) is 8.17. The molecule has 0 aromatic heterocycles. The lowest BCUT2D eigenvalue weighted by Gasteiger charge is -2.17. The van der Waals surface area contributed by atoms with Gasteiger partial charge in [0.15, 0.2) is 0 Å². The quantitative estimate of drug-likeness (QED) is 0.743. The molecule has 0 spiro atoms. The normalized spacial score (nSPS) is 22.3. The van der Waals surface area contributed by atoms with Gasteiger partial charge in [0.05, 0.1) is 0 Å². The van der Waals surface area contributed by atoms with Gasteiger partial charge in [0, 0.05) is 29.8 Å². The van der Waals surface area contributed by atoms with Gasteiger partial charge < -0.3 is 10.6 Å². The van der Waals surface area contributed by atoms with Crippen LogP contribution in [0.25, 0.3) is 0 Å². The van der Waals surface area contributed by atoms with Crippen molar-refractivity contribution in [3.8, 4) is 0 Å². The van der Waals surface area contributed by atoms with Crippen LogP contribution >= 0.6 is 11.6 Å². The largest absolute Gasteiger partial charge is 0.370 e. The molecule has 1 aromatic rings. The van der Waals surface area contributed by atoms with Gasteiger partial charge in [0.25, 0.3) is 0 Å². The molecule has 0 aliphatic carbocycles. The van der Waals surface area contributed by atoms with Crippen molar-refractivity contribution in [1.82, 2.24) is 0 Å². The summed E-state index contributed by atoms with van der Waals surface area (Å²) in [5.41, 5.74) is 7.01. The predicted molar refractivity (Wildman–Crippen MR) is 56.3 cm³/mol. The number of nitrogens with zero attached hydrogens (tertiary/aromatic N) is 1. The maximum atomic E-state index is 5.90. The Labute approximate surface area is 83.3 Å². The number of rotatable bonds is 1. The molecule has 1 aliphatic heterocycles. The second-order valence-electron chi connectivity index (χ2n) is 3.47. The lowest BCUT2D eigenvalue weighted by molar-refractivity contribution is 0.752.